The molecule has 1 heterocycles. The van der Waals surface area contributed by atoms with Crippen LogP contribution in [0.5, 0.6) is 0 Å². The van der Waals surface area contributed by atoms with Crippen LogP contribution >= 0.6 is 0 Å². The molecule has 2 fully saturated rings. The smallest absolute Gasteiger partial charge is 0.293 e. The van der Waals surface area contributed by atoms with Crippen molar-refractivity contribution < 1.29 is 14.8 Å². The predicted octanol–water partition coefficient (Wildman–Crippen LogP) is 0.601. The van der Waals surface area contributed by atoms with Gasteiger partial charge in [0.25, 0.3) is 11.6 Å². The number of nitrogens with one attached hydrogen (secondary N) is 1. The van der Waals surface area contributed by atoms with Crippen molar-refractivity contribution in [2.45, 2.75) is 18.9 Å². The van der Waals surface area contributed by atoms with Gasteiger partial charge >= 0.3 is 0 Å². The summed E-state index contributed by atoms with van der Waals surface area (Å²) in [6.45, 7) is 3.56. The molecule has 0 aromatic heterocycles. The second-order valence-electron chi connectivity index (χ2n) is 6.26. The van der Waals surface area contributed by atoms with Crippen LogP contribution in [0.3, 0.4) is 0 Å². The van der Waals surface area contributed by atoms with Gasteiger partial charge < -0.3 is 15.3 Å². The third kappa shape index (κ3) is 3.82. The zero-order valence-electron chi connectivity index (χ0n) is 13.5. The standard InChI is InChI=1S/C16H22N4O4/c21-10-9-18-5-7-19(8-6-18)14-4-1-12(11-15(14)20(23)24)16(22)17-13-2-3-13/h1,4,11,13,21H,2-3,5-10H2,(H,17,22). The SMILES string of the molecule is O=C(NC1CC1)c1ccc(N2CCN(CCO)CC2)c([N+](=O)[O-])c1. The number of hydrogen-bond acceptors (Lipinski definition) is 6. The van der Waals surface area contributed by atoms with Crippen molar-refractivity contribution >= 4 is 17.3 Å². The zero-order chi connectivity index (χ0) is 17.1. The van der Waals surface area contributed by atoms with Gasteiger partial charge in [0.2, 0.25) is 0 Å². The maximum absolute atomic E-state index is 12.1. The summed E-state index contributed by atoms with van der Waals surface area (Å²) in [4.78, 5) is 27.2. The first-order chi connectivity index (χ1) is 11.6. The Morgan fingerprint density at radius 2 is 2.00 bits per heavy atom. The van der Waals surface area contributed by atoms with E-state index in [0.29, 0.717) is 30.9 Å². The van der Waals surface area contributed by atoms with E-state index in [1.807, 2.05) is 4.90 Å². The average molecular weight is 334 g/mol. The van der Waals surface area contributed by atoms with Crippen LogP contribution < -0.4 is 10.2 Å². The number of aliphatic hydroxyl groups is 1. The van der Waals surface area contributed by atoms with Crippen molar-refractivity contribution in [3.8, 4) is 0 Å². The number of carbonyl (C=O) groups is 1. The minimum absolute atomic E-state index is 0.0333. The lowest BCUT2D eigenvalue weighted by Crippen LogP contribution is -2.47. The highest BCUT2D eigenvalue weighted by Crippen LogP contribution is 2.30. The van der Waals surface area contributed by atoms with Gasteiger partial charge in [0.05, 0.1) is 11.5 Å². The number of nitro benzene ring substituents is 1. The van der Waals surface area contributed by atoms with Crippen molar-refractivity contribution in [3.63, 3.8) is 0 Å². The second-order valence-corrected chi connectivity index (χ2v) is 6.26. The van der Waals surface area contributed by atoms with Crippen LogP contribution in [0.4, 0.5) is 11.4 Å². The Bertz CT molecular complexity index is 625. The maximum atomic E-state index is 12.1. The molecule has 1 aliphatic heterocycles. The molecular weight excluding hydrogens is 312 g/mol. The lowest BCUT2D eigenvalue weighted by atomic mass is 10.1. The molecule has 1 saturated heterocycles. The molecule has 1 saturated carbocycles. The van der Waals surface area contributed by atoms with Crippen LogP contribution in [0.2, 0.25) is 0 Å². The number of carbonyl (C=O) groups excluding carboxylic acids is 1. The Hall–Kier alpha value is -2.19. The van der Waals surface area contributed by atoms with Crippen molar-refractivity contribution in [1.29, 1.82) is 0 Å². The first-order valence-electron chi connectivity index (χ1n) is 8.26. The molecule has 1 aliphatic carbocycles. The van der Waals surface area contributed by atoms with E-state index in [4.69, 9.17) is 5.11 Å². The number of hydrogen-bond donors (Lipinski definition) is 2. The number of nitrogens with zero attached hydrogens (tertiary/aromatic N) is 3. The van der Waals surface area contributed by atoms with Gasteiger partial charge in [-0.2, -0.15) is 0 Å². The third-order valence-corrected chi connectivity index (χ3v) is 4.48. The van der Waals surface area contributed by atoms with Crippen LogP contribution in [0.1, 0.15) is 23.2 Å². The molecule has 8 nitrogen and oxygen atoms in total. The van der Waals surface area contributed by atoms with Crippen LogP contribution in [0.15, 0.2) is 18.2 Å². The van der Waals surface area contributed by atoms with Gasteiger partial charge in [-0.25, -0.2) is 0 Å². The molecule has 130 valence electrons. The summed E-state index contributed by atoms with van der Waals surface area (Å²) in [5.74, 6) is -0.250. The third-order valence-electron chi connectivity index (χ3n) is 4.48. The number of benzene rings is 1. The fraction of sp³-hybridized carbons (Fsp3) is 0.562. The fourth-order valence-electron chi connectivity index (χ4n) is 2.93. The first-order valence-corrected chi connectivity index (χ1v) is 8.26. The number of aliphatic hydroxyl groups excluding tert-OH is 1. The van der Waals surface area contributed by atoms with E-state index in [-0.39, 0.29) is 24.2 Å². The number of amides is 1. The van der Waals surface area contributed by atoms with Crippen molar-refractivity contribution in [3.05, 3.63) is 33.9 Å². The van der Waals surface area contributed by atoms with E-state index in [2.05, 4.69) is 10.2 Å². The molecule has 3 rings (SSSR count). The summed E-state index contributed by atoms with van der Waals surface area (Å²) in [5, 5.41) is 23.3. The van der Waals surface area contributed by atoms with Gasteiger partial charge in [-0.15, -0.1) is 0 Å². The minimum atomic E-state index is -0.427. The van der Waals surface area contributed by atoms with E-state index in [1.54, 1.807) is 12.1 Å². The van der Waals surface area contributed by atoms with E-state index >= 15 is 0 Å². The van der Waals surface area contributed by atoms with Gasteiger partial charge in [-0.1, -0.05) is 0 Å². The molecule has 2 N–H and O–H groups in total. The normalized spacial score (nSPS) is 18.5. The van der Waals surface area contributed by atoms with Gasteiger partial charge in [-0.05, 0) is 25.0 Å². The zero-order valence-corrected chi connectivity index (χ0v) is 13.5. The molecule has 0 unspecified atom stereocenters. The summed E-state index contributed by atoms with van der Waals surface area (Å²) in [6.07, 6.45) is 1.95. The Labute approximate surface area is 140 Å². The summed E-state index contributed by atoms with van der Waals surface area (Å²) >= 11 is 0. The molecule has 0 atom stereocenters. The lowest BCUT2D eigenvalue weighted by molar-refractivity contribution is -0.384. The summed E-state index contributed by atoms with van der Waals surface area (Å²) in [5.41, 5.74) is 0.844. The molecule has 8 heteroatoms. The monoisotopic (exact) mass is 334 g/mol. The number of β-amino-alcohol motifs (C(OH)–C–C–N with tert-alkyl or cyclic N) is 1. The molecule has 0 radical (unpaired) electrons. The van der Waals surface area contributed by atoms with Crippen LogP contribution in [-0.4, -0.2) is 66.2 Å². The fourth-order valence-corrected chi connectivity index (χ4v) is 2.93. The van der Waals surface area contributed by atoms with Gasteiger partial charge in [-0.3, -0.25) is 19.8 Å². The quantitative estimate of drug-likeness (QED) is 0.584. The second kappa shape index (κ2) is 7.14. The Morgan fingerprint density at radius 3 is 2.58 bits per heavy atom. The number of nitro groups is 1. The summed E-state index contributed by atoms with van der Waals surface area (Å²) < 4.78 is 0. The highest BCUT2D eigenvalue weighted by atomic mass is 16.6. The van der Waals surface area contributed by atoms with E-state index in [1.165, 1.54) is 6.07 Å². The van der Waals surface area contributed by atoms with E-state index in [0.717, 1.165) is 25.9 Å². The van der Waals surface area contributed by atoms with Crippen molar-refractivity contribution in [2.24, 2.45) is 0 Å². The molecule has 0 spiro atoms. The van der Waals surface area contributed by atoms with Crippen LogP contribution in [0.25, 0.3) is 0 Å². The van der Waals surface area contributed by atoms with Gasteiger partial charge in [0.1, 0.15) is 5.69 Å². The first kappa shape index (κ1) is 16.7. The molecule has 1 aromatic rings. The minimum Gasteiger partial charge on any atom is -0.395 e. The molecule has 2 aliphatic rings. The Morgan fingerprint density at radius 1 is 1.29 bits per heavy atom. The van der Waals surface area contributed by atoms with Crippen molar-refractivity contribution in [1.82, 2.24) is 10.2 Å². The molecule has 0 bridgehead atoms. The van der Waals surface area contributed by atoms with Crippen molar-refractivity contribution in [2.75, 3.05) is 44.2 Å². The Balaban J connectivity index is 1.75. The van der Waals surface area contributed by atoms with Crippen LogP contribution in [0, 0.1) is 10.1 Å². The van der Waals surface area contributed by atoms with Gasteiger partial charge in [0.15, 0.2) is 0 Å². The highest BCUT2D eigenvalue weighted by molar-refractivity contribution is 5.96. The average Bonchev–Trinajstić information content (AvgIpc) is 3.39. The Kier molecular flexibility index (Phi) is 4.96. The highest BCUT2D eigenvalue weighted by Gasteiger charge is 2.27. The largest absolute Gasteiger partial charge is 0.395 e. The summed E-state index contributed by atoms with van der Waals surface area (Å²) in [7, 11) is 0. The molecular formula is C16H22N4O4. The summed E-state index contributed by atoms with van der Waals surface area (Å²) in [6, 6.07) is 4.91. The molecule has 1 aromatic carbocycles. The number of piperazine rings is 1. The van der Waals surface area contributed by atoms with Gasteiger partial charge in [0, 0.05) is 50.4 Å². The topological polar surface area (TPSA) is 99.0 Å². The molecule has 24 heavy (non-hydrogen) atoms. The number of anilines is 1. The predicted molar refractivity (Wildman–Crippen MR) is 89.3 cm³/mol. The maximum Gasteiger partial charge on any atom is 0.293 e. The lowest BCUT2D eigenvalue weighted by Gasteiger charge is -2.35. The van der Waals surface area contributed by atoms with E-state index in [9.17, 15) is 14.9 Å². The molecule has 1 amide bonds. The number of rotatable bonds is 6. The van der Waals surface area contributed by atoms with E-state index < -0.39 is 4.92 Å². The van der Waals surface area contributed by atoms with Crippen LogP contribution in [-0.2, 0) is 0 Å².